The van der Waals surface area contributed by atoms with Crippen molar-refractivity contribution in [1.29, 1.82) is 0 Å². The van der Waals surface area contributed by atoms with Crippen molar-refractivity contribution in [2.45, 2.75) is 251 Å². The van der Waals surface area contributed by atoms with Crippen LogP contribution in [0.5, 0.6) is 0 Å². The fourth-order valence-electron chi connectivity index (χ4n) is 7.93. The van der Waals surface area contributed by atoms with Gasteiger partial charge in [0.2, 0.25) is 5.91 Å². The van der Waals surface area contributed by atoms with Crippen LogP contribution >= 0.6 is 7.82 Å². The van der Waals surface area contributed by atoms with Crippen molar-refractivity contribution in [3.05, 3.63) is 85.1 Å². The van der Waals surface area contributed by atoms with Gasteiger partial charge in [-0.05, 0) is 70.6 Å². The lowest BCUT2D eigenvalue weighted by atomic mass is 10.0. The number of hydrogen-bond acceptors (Lipinski definition) is 5. The van der Waals surface area contributed by atoms with Gasteiger partial charge in [0.1, 0.15) is 13.2 Å². The molecule has 3 unspecified atom stereocenters. The number of aliphatic hydroxyl groups excluding tert-OH is 1. The first kappa shape index (κ1) is 66.7. The number of unbranched alkanes of at least 4 members (excludes halogenated alkanes) is 26. The van der Waals surface area contributed by atoms with Crippen molar-refractivity contribution < 1.29 is 32.9 Å². The van der Waals surface area contributed by atoms with Gasteiger partial charge in [-0.1, -0.05) is 247 Å². The second-order valence-corrected chi connectivity index (χ2v) is 21.7. The van der Waals surface area contributed by atoms with E-state index in [1.54, 1.807) is 6.08 Å². The summed E-state index contributed by atoms with van der Waals surface area (Å²) in [4.78, 5) is 23.3. The monoisotopic (exact) mass is 986 g/mol. The maximum Gasteiger partial charge on any atom is 0.472 e. The smallest absolute Gasteiger partial charge is 0.387 e. The Bertz CT molecular complexity index is 1400. The number of nitrogens with zero attached hydrogens (tertiary/aromatic N) is 1. The highest BCUT2D eigenvalue weighted by Gasteiger charge is 2.27. The van der Waals surface area contributed by atoms with Crippen LogP contribution in [0.15, 0.2) is 85.1 Å². The lowest BCUT2D eigenvalue weighted by molar-refractivity contribution is -0.870. The summed E-state index contributed by atoms with van der Waals surface area (Å²) < 4.78 is 23.7. The maximum absolute atomic E-state index is 13.0. The average Bonchev–Trinajstić information content (AvgIpc) is 3.31. The summed E-state index contributed by atoms with van der Waals surface area (Å²) in [6, 6.07) is -0.854. The molecule has 3 atom stereocenters. The number of quaternary nitrogens is 1. The molecule has 0 radical (unpaired) electrons. The Morgan fingerprint density at radius 3 is 1.28 bits per heavy atom. The first-order valence-electron chi connectivity index (χ1n) is 28.5. The zero-order valence-electron chi connectivity index (χ0n) is 45.5. The molecule has 0 aliphatic rings. The number of aliphatic hydroxyl groups is 1. The molecule has 8 nitrogen and oxygen atoms in total. The predicted octanol–water partition coefficient (Wildman–Crippen LogP) is 17.3. The molecule has 0 rings (SSSR count). The third-order valence-electron chi connectivity index (χ3n) is 12.4. The molecule has 0 saturated carbocycles. The quantitative estimate of drug-likeness (QED) is 0.0243. The second-order valence-electron chi connectivity index (χ2n) is 20.3. The van der Waals surface area contributed by atoms with Crippen molar-refractivity contribution >= 4 is 13.7 Å². The summed E-state index contributed by atoms with van der Waals surface area (Å²) in [5.74, 6) is -0.184. The second kappa shape index (κ2) is 50.6. The zero-order valence-corrected chi connectivity index (χ0v) is 46.4. The van der Waals surface area contributed by atoms with Gasteiger partial charge in [-0.15, -0.1) is 0 Å². The first-order chi connectivity index (χ1) is 33.5. The SMILES string of the molecule is CC/C=C\C/C=C\C/C=C\C/C=C\C/C=C\C/C=C\CCCCCCCCCCCCC(=O)NC(COP(=O)(O)OCC[N+](C)(C)C)C(O)/C=C/CCCCCCCCCCCCCCCCCC. The van der Waals surface area contributed by atoms with Crippen LogP contribution in [0.25, 0.3) is 0 Å². The minimum absolute atomic E-state index is 0.0573. The molecule has 0 aliphatic carbocycles. The number of phosphoric ester groups is 1. The summed E-state index contributed by atoms with van der Waals surface area (Å²) in [6.07, 6.45) is 71.0. The molecular weight excluding hydrogens is 876 g/mol. The van der Waals surface area contributed by atoms with Gasteiger partial charge in [0.05, 0.1) is 39.9 Å². The van der Waals surface area contributed by atoms with E-state index in [-0.39, 0.29) is 19.1 Å². The molecule has 0 aromatic carbocycles. The van der Waals surface area contributed by atoms with Gasteiger partial charge in [0.25, 0.3) is 0 Å². The number of rotatable bonds is 51. The first-order valence-corrected chi connectivity index (χ1v) is 30.0. The molecule has 0 saturated heterocycles. The predicted molar refractivity (Wildman–Crippen MR) is 299 cm³/mol. The Labute approximate surface area is 426 Å². The van der Waals surface area contributed by atoms with E-state index in [2.05, 4.69) is 92.1 Å². The fourth-order valence-corrected chi connectivity index (χ4v) is 8.66. The lowest BCUT2D eigenvalue weighted by Gasteiger charge is -2.25. The van der Waals surface area contributed by atoms with Crippen LogP contribution in [-0.2, 0) is 18.4 Å². The summed E-state index contributed by atoms with van der Waals surface area (Å²) >= 11 is 0. The Morgan fingerprint density at radius 2 is 0.870 bits per heavy atom. The summed E-state index contributed by atoms with van der Waals surface area (Å²) in [7, 11) is 1.56. The number of carbonyl (C=O) groups is 1. The van der Waals surface area contributed by atoms with Crippen molar-refractivity contribution in [2.24, 2.45) is 0 Å². The van der Waals surface area contributed by atoms with E-state index in [9.17, 15) is 19.4 Å². The highest BCUT2D eigenvalue weighted by atomic mass is 31.2. The highest BCUT2D eigenvalue weighted by Crippen LogP contribution is 2.43. The van der Waals surface area contributed by atoms with Gasteiger partial charge in [-0.3, -0.25) is 13.8 Å². The number of allylic oxidation sites excluding steroid dienone is 13. The Morgan fingerprint density at radius 1 is 0.507 bits per heavy atom. The van der Waals surface area contributed by atoms with E-state index in [1.165, 1.54) is 135 Å². The topological polar surface area (TPSA) is 105 Å². The Kier molecular flexibility index (Phi) is 48.9. The molecule has 9 heteroatoms. The van der Waals surface area contributed by atoms with Crippen LogP contribution in [0.2, 0.25) is 0 Å². The van der Waals surface area contributed by atoms with Crippen LogP contribution in [0.1, 0.15) is 239 Å². The third kappa shape index (κ3) is 53.3. The van der Waals surface area contributed by atoms with Crippen molar-refractivity contribution in [3.63, 3.8) is 0 Å². The summed E-state index contributed by atoms with van der Waals surface area (Å²) in [5.41, 5.74) is 0. The van der Waals surface area contributed by atoms with Crippen LogP contribution in [0.3, 0.4) is 0 Å². The van der Waals surface area contributed by atoms with Crippen LogP contribution in [0.4, 0.5) is 0 Å². The van der Waals surface area contributed by atoms with Crippen molar-refractivity contribution in [1.82, 2.24) is 5.32 Å². The molecule has 0 heterocycles. The Hall–Kier alpha value is -2.32. The molecule has 0 bridgehead atoms. The number of hydrogen-bond donors (Lipinski definition) is 3. The van der Waals surface area contributed by atoms with E-state index in [0.717, 1.165) is 83.5 Å². The molecule has 0 fully saturated rings. The van der Waals surface area contributed by atoms with Gasteiger partial charge in [0.15, 0.2) is 0 Å². The average molecular weight is 987 g/mol. The maximum atomic E-state index is 13.0. The molecular formula is C60H110N2O6P+. The van der Waals surface area contributed by atoms with E-state index in [4.69, 9.17) is 9.05 Å². The third-order valence-corrected chi connectivity index (χ3v) is 13.4. The largest absolute Gasteiger partial charge is 0.472 e. The van der Waals surface area contributed by atoms with Crippen molar-refractivity contribution in [3.8, 4) is 0 Å². The molecule has 0 aromatic rings. The molecule has 0 aromatic heterocycles. The number of amides is 1. The van der Waals surface area contributed by atoms with Crippen molar-refractivity contribution in [2.75, 3.05) is 40.9 Å². The minimum atomic E-state index is -4.35. The van der Waals surface area contributed by atoms with Crippen LogP contribution in [0, 0.1) is 0 Å². The van der Waals surface area contributed by atoms with E-state index >= 15 is 0 Å². The molecule has 69 heavy (non-hydrogen) atoms. The fraction of sp³-hybridized carbons (Fsp3) is 0.750. The molecule has 0 aliphatic heterocycles. The van der Waals surface area contributed by atoms with E-state index < -0.39 is 20.0 Å². The summed E-state index contributed by atoms with van der Waals surface area (Å²) in [6.45, 7) is 4.71. The van der Waals surface area contributed by atoms with E-state index in [1.807, 2.05) is 27.2 Å². The normalized spacial score (nSPS) is 14.6. The lowest BCUT2D eigenvalue weighted by Crippen LogP contribution is -2.45. The van der Waals surface area contributed by atoms with Gasteiger partial charge in [-0.2, -0.15) is 0 Å². The van der Waals surface area contributed by atoms with E-state index in [0.29, 0.717) is 17.4 Å². The van der Waals surface area contributed by atoms with Crippen LogP contribution in [-0.4, -0.2) is 73.4 Å². The molecule has 3 N–H and O–H groups in total. The number of carbonyl (C=O) groups excluding carboxylic acids is 1. The molecule has 400 valence electrons. The number of nitrogens with one attached hydrogen (secondary N) is 1. The molecule has 0 spiro atoms. The minimum Gasteiger partial charge on any atom is -0.387 e. The zero-order chi connectivity index (χ0) is 50.6. The van der Waals surface area contributed by atoms with Gasteiger partial charge < -0.3 is 19.8 Å². The van der Waals surface area contributed by atoms with Gasteiger partial charge in [0, 0.05) is 6.42 Å². The van der Waals surface area contributed by atoms with Crippen LogP contribution < -0.4 is 5.32 Å². The Balaban J connectivity index is 4.23. The molecule has 1 amide bonds. The van der Waals surface area contributed by atoms with Gasteiger partial charge in [-0.25, -0.2) is 4.57 Å². The number of likely N-dealkylation sites (N-methyl/N-ethyl adjacent to an activating group) is 1. The van der Waals surface area contributed by atoms with Gasteiger partial charge >= 0.3 is 7.82 Å². The highest BCUT2D eigenvalue weighted by molar-refractivity contribution is 7.47. The summed E-state index contributed by atoms with van der Waals surface area (Å²) in [5, 5.41) is 13.9. The standard InChI is InChI=1S/C60H109N2O6P/c1-6-8-10-12-14-16-18-20-22-24-26-27-28-29-30-31-32-33-34-35-36-38-40-42-44-46-48-50-52-54-60(64)61-58(57-68-69(65,66)67-56-55-62(3,4)5)59(63)53-51-49-47-45-43-41-39-37-25-23-21-19-17-15-13-11-9-7-2/h8,10,14,16,20,22,26-27,29-30,32-33,51,53,58-59,63H,6-7,9,11-13,15,17-19,21,23-25,28,31,34-50,52,54-57H2,1-5H3,(H-,61,64,65,66)/p+1/b10-8-,16-14-,22-20-,27-26-,30-29-,33-32-,53-51+. The number of phosphoric acid groups is 1.